The average molecular weight is 378 g/mol. The summed E-state index contributed by atoms with van der Waals surface area (Å²) in [6, 6.07) is 14.7. The minimum Gasteiger partial charge on any atom is -0.497 e. The van der Waals surface area contributed by atoms with Crippen LogP contribution in [0, 0.1) is 0 Å². The summed E-state index contributed by atoms with van der Waals surface area (Å²) in [5.41, 5.74) is 2.51. The van der Waals surface area contributed by atoms with Crippen molar-refractivity contribution in [1.29, 1.82) is 0 Å². The molecular formula is C21H22N4O3. The van der Waals surface area contributed by atoms with Gasteiger partial charge in [0.2, 0.25) is 0 Å². The first-order valence-electron chi connectivity index (χ1n) is 8.82. The Bertz CT molecular complexity index is 892. The van der Waals surface area contributed by atoms with Gasteiger partial charge in [-0.25, -0.2) is 14.8 Å². The molecule has 7 heteroatoms. The van der Waals surface area contributed by atoms with Crippen LogP contribution in [0.25, 0.3) is 11.4 Å². The average Bonchev–Trinajstić information content (AvgIpc) is 2.74. The first kappa shape index (κ1) is 19.2. The number of benzene rings is 2. The van der Waals surface area contributed by atoms with Gasteiger partial charge in [-0.1, -0.05) is 30.3 Å². The molecule has 0 unspecified atom stereocenters. The van der Waals surface area contributed by atoms with Crippen molar-refractivity contribution in [2.24, 2.45) is 0 Å². The molecule has 7 nitrogen and oxygen atoms in total. The van der Waals surface area contributed by atoms with Gasteiger partial charge in [0.1, 0.15) is 11.5 Å². The quantitative estimate of drug-likeness (QED) is 0.657. The first-order chi connectivity index (χ1) is 13.7. The van der Waals surface area contributed by atoms with Crippen molar-refractivity contribution in [2.45, 2.75) is 6.42 Å². The molecule has 0 radical (unpaired) electrons. The summed E-state index contributed by atoms with van der Waals surface area (Å²) in [5, 5.41) is 5.58. The van der Waals surface area contributed by atoms with E-state index >= 15 is 0 Å². The smallest absolute Gasteiger partial charge is 0.319 e. The van der Waals surface area contributed by atoms with Crippen LogP contribution in [0.3, 0.4) is 0 Å². The van der Waals surface area contributed by atoms with Crippen molar-refractivity contribution < 1.29 is 14.3 Å². The number of ether oxygens (including phenoxy) is 2. The number of nitrogens with one attached hydrogen (secondary N) is 2. The Morgan fingerprint density at radius 2 is 1.61 bits per heavy atom. The lowest BCUT2D eigenvalue weighted by atomic mass is 10.2. The van der Waals surface area contributed by atoms with E-state index in [9.17, 15) is 4.79 Å². The second kappa shape index (κ2) is 9.36. The number of hydrogen-bond donors (Lipinski definition) is 2. The highest BCUT2D eigenvalue weighted by atomic mass is 16.5. The number of carbonyl (C=O) groups excluding carboxylic acids is 1. The van der Waals surface area contributed by atoms with Gasteiger partial charge in [-0.15, -0.1) is 0 Å². The van der Waals surface area contributed by atoms with Crippen LogP contribution in [0.15, 0.2) is 60.9 Å². The van der Waals surface area contributed by atoms with Gasteiger partial charge in [0.15, 0.2) is 5.82 Å². The van der Waals surface area contributed by atoms with Crippen LogP contribution in [0.1, 0.15) is 5.56 Å². The molecule has 0 aliphatic carbocycles. The number of rotatable bonds is 7. The molecule has 1 heterocycles. The van der Waals surface area contributed by atoms with Crippen molar-refractivity contribution >= 4 is 11.7 Å². The molecule has 0 aliphatic rings. The minimum absolute atomic E-state index is 0.308. The Morgan fingerprint density at radius 3 is 2.21 bits per heavy atom. The van der Waals surface area contributed by atoms with Gasteiger partial charge in [0, 0.05) is 48.4 Å². The Labute approximate surface area is 163 Å². The fourth-order valence-electron chi connectivity index (χ4n) is 2.60. The minimum atomic E-state index is -0.308. The molecule has 0 bridgehead atoms. The van der Waals surface area contributed by atoms with E-state index in [1.54, 1.807) is 44.8 Å². The van der Waals surface area contributed by atoms with Crippen molar-refractivity contribution in [1.82, 2.24) is 15.3 Å². The summed E-state index contributed by atoms with van der Waals surface area (Å²) < 4.78 is 10.4. The van der Waals surface area contributed by atoms with Crippen LogP contribution < -0.4 is 20.1 Å². The predicted octanol–water partition coefficient (Wildman–Crippen LogP) is 3.53. The fraction of sp³-hybridized carbons (Fsp3) is 0.190. The summed E-state index contributed by atoms with van der Waals surface area (Å²) >= 11 is 0. The molecule has 2 N–H and O–H groups in total. The molecule has 28 heavy (non-hydrogen) atoms. The summed E-state index contributed by atoms with van der Waals surface area (Å²) in [4.78, 5) is 20.9. The number of aromatic nitrogens is 2. The Balaban J connectivity index is 1.50. The van der Waals surface area contributed by atoms with E-state index < -0.39 is 0 Å². The van der Waals surface area contributed by atoms with Gasteiger partial charge >= 0.3 is 6.03 Å². The zero-order valence-corrected chi connectivity index (χ0v) is 15.8. The highest BCUT2D eigenvalue weighted by Crippen LogP contribution is 2.25. The maximum atomic E-state index is 12.1. The Morgan fingerprint density at radius 1 is 0.964 bits per heavy atom. The largest absolute Gasteiger partial charge is 0.497 e. The zero-order valence-electron chi connectivity index (χ0n) is 15.8. The third kappa shape index (κ3) is 5.20. The van der Waals surface area contributed by atoms with Gasteiger partial charge in [-0.05, 0) is 12.0 Å². The van der Waals surface area contributed by atoms with Gasteiger partial charge in [0.25, 0.3) is 0 Å². The Hall–Kier alpha value is -3.61. The summed E-state index contributed by atoms with van der Waals surface area (Å²) in [6.45, 7) is 0.459. The Kier molecular flexibility index (Phi) is 6.41. The van der Waals surface area contributed by atoms with Crippen molar-refractivity contribution in [3.63, 3.8) is 0 Å². The standard InChI is InChI=1S/C21H22N4O3/c1-27-18-10-17(11-19(12-18)28-2)25-21(26)22-9-8-15-13-23-20(24-14-15)16-6-4-3-5-7-16/h3-7,10-14H,8-9H2,1-2H3,(H2,22,25,26). The topological polar surface area (TPSA) is 85.4 Å². The van der Waals surface area contributed by atoms with Crippen LogP contribution in [0.5, 0.6) is 11.5 Å². The van der Waals surface area contributed by atoms with Crippen molar-refractivity contribution in [3.8, 4) is 22.9 Å². The van der Waals surface area contributed by atoms with Gasteiger partial charge in [-0.2, -0.15) is 0 Å². The second-order valence-corrected chi connectivity index (χ2v) is 6.01. The number of methoxy groups -OCH3 is 2. The number of hydrogen-bond acceptors (Lipinski definition) is 5. The van der Waals surface area contributed by atoms with E-state index in [1.165, 1.54) is 0 Å². The molecule has 0 atom stereocenters. The van der Waals surface area contributed by atoms with Crippen LogP contribution in [0.2, 0.25) is 0 Å². The molecule has 0 saturated heterocycles. The number of carbonyl (C=O) groups is 1. The van der Waals surface area contributed by atoms with E-state index in [-0.39, 0.29) is 6.03 Å². The number of anilines is 1. The number of amides is 2. The van der Waals surface area contributed by atoms with Gasteiger partial charge < -0.3 is 20.1 Å². The van der Waals surface area contributed by atoms with E-state index in [0.717, 1.165) is 11.1 Å². The molecule has 0 fully saturated rings. The van der Waals surface area contributed by atoms with Gasteiger partial charge in [0.05, 0.1) is 14.2 Å². The summed E-state index contributed by atoms with van der Waals surface area (Å²) in [6.07, 6.45) is 4.19. The lowest BCUT2D eigenvalue weighted by molar-refractivity contribution is 0.252. The van der Waals surface area contributed by atoms with E-state index in [0.29, 0.717) is 36.0 Å². The number of nitrogens with zero attached hydrogens (tertiary/aromatic N) is 2. The molecular weight excluding hydrogens is 356 g/mol. The van der Waals surface area contributed by atoms with Crippen molar-refractivity contribution in [3.05, 3.63) is 66.5 Å². The predicted molar refractivity (Wildman–Crippen MR) is 108 cm³/mol. The zero-order chi connectivity index (χ0) is 19.8. The van der Waals surface area contributed by atoms with Crippen LogP contribution in [-0.2, 0) is 6.42 Å². The van der Waals surface area contributed by atoms with E-state index in [4.69, 9.17) is 9.47 Å². The first-order valence-corrected chi connectivity index (χ1v) is 8.82. The molecule has 3 rings (SSSR count). The third-order valence-corrected chi connectivity index (χ3v) is 4.05. The van der Waals surface area contributed by atoms with Gasteiger partial charge in [-0.3, -0.25) is 0 Å². The van der Waals surface area contributed by atoms with E-state index in [2.05, 4.69) is 20.6 Å². The van der Waals surface area contributed by atoms with Crippen molar-refractivity contribution in [2.75, 3.05) is 26.1 Å². The number of urea groups is 1. The maximum Gasteiger partial charge on any atom is 0.319 e. The highest BCUT2D eigenvalue weighted by molar-refractivity contribution is 5.89. The SMILES string of the molecule is COc1cc(NC(=O)NCCc2cnc(-c3ccccc3)nc2)cc(OC)c1. The molecule has 2 amide bonds. The highest BCUT2D eigenvalue weighted by Gasteiger charge is 2.06. The summed E-state index contributed by atoms with van der Waals surface area (Å²) in [7, 11) is 3.12. The van der Waals surface area contributed by atoms with E-state index in [1.807, 2.05) is 30.3 Å². The molecule has 0 spiro atoms. The second-order valence-electron chi connectivity index (χ2n) is 6.01. The fourth-order valence-corrected chi connectivity index (χ4v) is 2.60. The normalized spacial score (nSPS) is 10.2. The monoisotopic (exact) mass is 378 g/mol. The lowest BCUT2D eigenvalue weighted by Crippen LogP contribution is -2.30. The lowest BCUT2D eigenvalue weighted by Gasteiger charge is -2.11. The summed E-state index contributed by atoms with van der Waals surface area (Å²) in [5.74, 6) is 1.89. The molecule has 0 saturated carbocycles. The molecule has 3 aromatic rings. The molecule has 0 aliphatic heterocycles. The molecule has 144 valence electrons. The molecule has 1 aromatic heterocycles. The maximum absolute atomic E-state index is 12.1. The van der Waals surface area contributed by atoms with Crippen LogP contribution >= 0.6 is 0 Å². The third-order valence-electron chi connectivity index (χ3n) is 4.05. The van der Waals surface area contributed by atoms with Crippen LogP contribution in [-0.4, -0.2) is 36.8 Å². The van der Waals surface area contributed by atoms with Crippen LogP contribution in [0.4, 0.5) is 10.5 Å². The molecule has 2 aromatic carbocycles.